The van der Waals surface area contributed by atoms with E-state index in [0.717, 1.165) is 12.5 Å². The van der Waals surface area contributed by atoms with Crippen LogP contribution in [0.4, 0.5) is 0 Å². The molecule has 238 valence electrons. The summed E-state index contributed by atoms with van der Waals surface area (Å²) in [5, 5.41) is 0. The Balaban J connectivity index is 3.33. The van der Waals surface area contributed by atoms with Crippen LogP contribution in [-0.2, 0) is 0 Å². The van der Waals surface area contributed by atoms with Crippen molar-refractivity contribution in [1.29, 1.82) is 0 Å². The molecule has 1 atom stereocenters. The normalized spacial score (nSPS) is 12.8. The average molecular weight is 560 g/mol. The fourth-order valence-corrected chi connectivity index (χ4v) is 5.92. The predicted molar refractivity (Wildman–Crippen MR) is 185 cm³/mol. The number of rotatable bonds is 34. The number of nitrogens with two attached hydrogens (primary N) is 1. The Labute approximate surface area is 255 Å². The third kappa shape index (κ3) is 33.6. The second-order valence-corrected chi connectivity index (χ2v) is 12.9. The lowest BCUT2D eigenvalue weighted by Gasteiger charge is -2.14. The SMILES string of the molecule is CCCCCCCC/C=C\CCCCCCCCCC(CN)CCCCCCCC/C=C\CCCCCCCC. The summed E-state index contributed by atoms with van der Waals surface area (Å²) in [6.07, 6.45) is 53.0. The molecule has 0 amide bonds. The lowest BCUT2D eigenvalue weighted by atomic mass is 9.94. The molecule has 1 unspecified atom stereocenters. The van der Waals surface area contributed by atoms with Gasteiger partial charge in [-0.3, -0.25) is 0 Å². The molecule has 0 fully saturated rings. The molecule has 0 aliphatic rings. The fourth-order valence-electron chi connectivity index (χ4n) is 5.92. The summed E-state index contributed by atoms with van der Waals surface area (Å²) in [6, 6.07) is 0. The molecule has 0 radical (unpaired) electrons. The quantitative estimate of drug-likeness (QED) is 0.0615. The van der Waals surface area contributed by atoms with Crippen molar-refractivity contribution in [2.45, 2.75) is 213 Å². The highest BCUT2D eigenvalue weighted by atomic mass is 14.5. The summed E-state index contributed by atoms with van der Waals surface area (Å²) in [6.45, 7) is 5.49. The molecule has 0 aliphatic carbocycles. The zero-order valence-electron chi connectivity index (χ0n) is 28.1. The van der Waals surface area contributed by atoms with Crippen molar-refractivity contribution in [2.24, 2.45) is 11.7 Å². The van der Waals surface area contributed by atoms with Gasteiger partial charge in [0.1, 0.15) is 0 Å². The van der Waals surface area contributed by atoms with Gasteiger partial charge in [0, 0.05) is 0 Å². The first-order chi connectivity index (χ1) is 19.8. The summed E-state index contributed by atoms with van der Waals surface area (Å²) >= 11 is 0. The van der Waals surface area contributed by atoms with Crippen molar-refractivity contribution in [3.8, 4) is 0 Å². The van der Waals surface area contributed by atoms with Gasteiger partial charge in [-0.2, -0.15) is 0 Å². The third-order valence-electron chi connectivity index (χ3n) is 8.83. The molecule has 0 aliphatic heterocycles. The Hall–Kier alpha value is -0.560. The Morgan fingerprint density at radius 2 is 0.600 bits per heavy atom. The van der Waals surface area contributed by atoms with Gasteiger partial charge in [-0.15, -0.1) is 0 Å². The Kier molecular flexibility index (Phi) is 36.0. The summed E-state index contributed by atoms with van der Waals surface area (Å²) in [7, 11) is 0. The molecule has 0 aromatic rings. The Morgan fingerprint density at radius 3 is 0.875 bits per heavy atom. The monoisotopic (exact) mass is 560 g/mol. The lowest BCUT2D eigenvalue weighted by molar-refractivity contribution is 0.410. The van der Waals surface area contributed by atoms with Gasteiger partial charge >= 0.3 is 0 Å². The molecular formula is C39H77N. The topological polar surface area (TPSA) is 26.0 Å². The maximum Gasteiger partial charge on any atom is -0.00489 e. The van der Waals surface area contributed by atoms with Crippen LogP contribution in [0.2, 0.25) is 0 Å². The number of allylic oxidation sites excluding steroid dienone is 4. The van der Waals surface area contributed by atoms with E-state index < -0.39 is 0 Å². The van der Waals surface area contributed by atoms with Crippen molar-refractivity contribution in [3.63, 3.8) is 0 Å². The molecule has 0 aromatic carbocycles. The minimum Gasteiger partial charge on any atom is -0.330 e. The Morgan fingerprint density at radius 1 is 0.350 bits per heavy atom. The van der Waals surface area contributed by atoms with Crippen molar-refractivity contribution < 1.29 is 0 Å². The van der Waals surface area contributed by atoms with Crippen LogP contribution in [0.3, 0.4) is 0 Å². The number of unbranched alkanes of at least 4 members (excludes halogenated alkanes) is 25. The molecule has 0 spiro atoms. The van der Waals surface area contributed by atoms with Crippen LogP contribution < -0.4 is 5.73 Å². The molecule has 0 aromatic heterocycles. The highest BCUT2D eigenvalue weighted by Gasteiger charge is 2.06. The molecule has 0 heterocycles. The molecule has 2 N–H and O–H groups in total. The van der Waals surface area contributed by atoms with Crippen LogP contribution in [0.5, 0.6) is 0 Å². The van der Waals surface area contributed by atoms with E-state index in [1.54, 1.807) is 0 Å². The molecule has 0 bridgehead atoms. The average Bonchev–Trinajstić information content (AvgIpc) is 2.97. The van der Waals surface area contributed by atoms with Gasteiger partial charge in [0.25, 0.3) is 0 Å². The van der Waals surface area contributed by atoms with E-state index in [4.69, 9.17) is 5.73 Å². The van der Waals surface area contributed by atoms with Gasteiger partial charge in [-0.05, 0) is 76.7 Å². The molecule has 1 heteroatoms. The first-order valence-corrected chi connectivity index (χ1v) is 18.8. The van der Waals surface area contributed by atoms with Crippen LogP contribution in [0, 0.1) is 5.92 Å². The molecule has 0 saturated heterocycles. The van der Waals surface area contributed by atoms with Crippen LogP contribution >= 0.6 is 0 Å². The van der Waals surface area contributed by atoms with Crippen LogP contribution in [0.25, 0.3) is 0 Å². The lowest BCUT2D eigenvalue weighted by Crippen LogP contribution is -2.14. The first kappa shape index (κ1) is 39.4. The van der Waals surface area contributed by atoms with Gasteiger partial charge < -0.3 is 5.73 Å². The third-order valence-corrected chi connectivity index (χ3v) is 8.83. The van der Waals surface area contributed by atoms with Gasteiger partial charge in [0.15, 0.2) is 0 Å². The van der Waals surface area contributed by atoms with Gasteiger partial charge in [-0.25, -0.2) is 0 Å². The Bertz CT molecular complexity index is 493. The maximum absolute atomic E-state index is 6.10. The molecular weight excluding hydrogens is 482 g/mol. The van der Waals surface area contributed by atoms with Gasteiger partial charge in [-0.1, -0.05) is 173 Å². The molecule has 0 rings (SSSR count). The zero-order valence-corrected chi connectivity index (χ0v) is 28.1. The van der Waals surface area contributed by atoms with E-state index in [-0.39, 0.29) is 0 Å². The summed E-state index contributed by atoms with van der Waals surface area (Å²) < 4.78 is 0. The van der Waals surface area contributed by atoms with Crippen molar-refractivity contribution in [1.82, 2.24) is 0 Å². The summed E-state index contributed by atoms with van der Waals surface area (Å²) in [5.74, 6) is 0.778. The van der Waals surface area contributed by atoms with Gasteiger partial charge in [0.05, 0.1) is 0 Å². The molecule has 0 saturated carbocycles. The van der Waals surface area contributed by atoms with E-state index in [2.05, 4.69) is 38.2 Å². The minimum atomic E-state index is 0.778. The number of hydrogen-bond acceptors (Lipinski definition) is 1. The predicted octanol–water partition coefficient (Wildman–Crippen LogP) is 13.8. The summed E-state index contributed by atoms with van der Waals surface area (Å²) in [4.78, 5) is 0. The van der Waals surface area contributed by atoms with E-state index >= 15 is 0 Å². The number of hydrogen-bond donors (Lipinski definition) is 1. The molecule has 40 heavy (non-hydrogen) atoms. The van der Waals surface area contributed by atoms with Crippen molar-refractivity contribution >= 4 is 0 Å². The zero-order chi connectivity index (χ0) is 29.0. The van der Waals surface area contributed by atoms with E-state index in [9.17, 15) is 0 Å². The van der Waals surface area contributed by atoms with E-state index in [1.165, 1.54) is 199 Å². The van der Waals surface area contributed by atoms with E-state index in [1.807, 2.05) is 0 Å². The highest BCUT2D eigenvalue weighted by molar-refractivity contribution is 4.82. The van der Waals surface area contributed by atoms with Gasteiger partial charge in [0.2, 0.25) is 0 Å². The fraction of sp³-hybridized carbons (Fsp3) is 0.897. The second kappa shape index (κ2) is 36.5. The van der Waals surface area contributed by atoms with Crippen molar-refractivity contribution in [2.75, 3.05) is 6.54 Å². The maximum atomic E-state index is 6.10. The minimum absolute atomic E-state index is 0.778. The largest absolute Gasteiger partial charge is 0.330 e. The second-order valence-electron chi connectivity index (χ2n) is 12.9. The standard InChI is InChI=1S/C39H77N/c1-3-5-7-9-11-13-15-17-19-21-23-25-27-29-31-33-35-37-39(38-40)36-34-32-30-28-26-24-22-20-18-16-14-12-10-8-6-4-2/h17-20,39H,3-16,21-38,40H2,1-2H3/b19-17-,20-18-. The van der Waals surface area contributed by atoms with Crippen LogP contribution in [0.1, 0.15) is 213 Å². The summed E-state index contributed by atoms with van der Waals surface area (Å²) in [5.41, 5.74) is 6.10. The molecule has 1 nitrogen and oxygen atoms in total. The van der Waals surface area contributed by atoms with Crippen LogP contribution in [-0.4, -0.2) is 6.54 Å². The van der Waals surface area contributed by atoms with Crippen LogP contribution in [0.15, 0.2) is 24.3 Å². The smallest absolute Gasteiger partial charge is 0.00489 e. The first-order valence-electron chi connectivity index (χ1n) is 18.8. The highest BCUT2D eigenvalue weighted by Crippen LogP contribution is 2.19. The van der Waals surface area contributed by atoms with E-state index in [0.29, 0.717) is 0 Å². The van der Waals surface area contributed by atoms with Crippen molar-refractivity contribution in [3.05, 3.63) is 24.3 Å².